The smallest absolute Gasteiger partial charge is 0.408 e. The molecule has 0 heterocycles. The van der Waals surface area contributed by atoms with Gasteiger partial charge in [0.05, 0.1) is 13.2 Å². The Hall–Kier alpha value is -2.79. The molecule has 0 saturated heterocycles. The van der Waals surface area contributed by atoms with Gasteiger partial charge in [0.2, 0.25) is 5.91 Å². The van der Waals surface area contributed by atoms with Gasteiger partial charge in [0.1, 0.15) is 18.2 Å². The second-order valence-corrected chi connectivity index (χ2v) is 7.40. The van der Waals surface area contributed by atoms with Crippen LogP contribution in [-0.4, -0.2) is 62.6 Å². The molecule has 0 unspecified atom stereocenters. The minimum atomic E-state index is -3.16. The maximum atomic E-state index is 12.6. The van der Waals surface area contributed by atoms with Gasteiger partial charge in [0.25, 0.3) is 0 Å². The number of alkyl halides is 2. The molecule has 0 aromatic heterocycles. The van der Waals surface area contributed by atoms with E-state index in [1.165, 1.54) is 7.11 Å². The van der Waals surface area contributed by atoms with Crippen molar-refractivity contribution >= 4 is 18.0 Å². The van der Waals surface area contributed by atoms with Crippen LogP contribution in [0.3, 0.4) is 0 Å². The number of carbonyl (C=O) groups is 3. The summed E-state index contributed by atoms with van der Waals surface area (Å²) in [7, 11) is 1.29. The molecule has 0 fully saturated rings. The highest BCUT2D eigenvalue weighted by atomic mass is 19.3. The van der Waals surface area contributed by atoms with Gasteiger partial charge in [-0.05, 0) is 26.3 Å². The third kappa shape index (κ3) is 11.2. The minimum absolute atomic E-state index is 0.127. The normalized spacial score (nSPS) is 13.3. The highest BCUT2D eigenvalue weighted by Gasteiger charge is 2.30. The topological polar surface area (TPSA) is 112 Å². The summed E-state index contributed by atoms with van der Waals surface area (Å²) < 4.78 is 44.2. The first kappa shape index (κ1) is 26.2. The summed E-state index contributed by atoms with van der Waals surface area (Å²) in [5, 5.41) is 4.54. The molecule has 0 saturated carbocycles. The van der Waals surface area contributed by atoms with Gasteiger partial charge in [-0.2, -0.15) is 8.78 Å². The second-order valence-electron chi connectivity index (χ2n) is 7.40. The average molecular weight is 446 g/mol. The Labute approximate surface area is 179 Å². The zero-order valence-corrected chi connectivity index (χ0v) is 17.9. The number of methoxy groups -OCH3 is 1. The number of hydrogen-bond donors (Lipinski definition) is 2. The molecule has 1 aromatic carbocycles. The Morgan fingerprint density at radius 3 is 2.19 bits per heavy atom. The lowest BCUT2D eigenvalue weighted by molar-refractivity contribution is -0.161. The van der Waals surface area contributed by atoms with Crippen LogP contribution in [0.2, 0.25) is 0 Å². The number of esters is 1. The van der Waals surface area contributed by atoms with Gasteiger partial charge in [-0.15, -0.1) is 0 Å². The van der Waals surface area contributed by atoms with Crippen molar-refractivity contribution in [3.8, 4) is 0 Å². The van der Waals surface area contributed by atoms with E-state index in [1.807, 2.05) is 0 Å². The molecule has 9 nitrogen and oxygen atoms in total. The van der Waals surface area contributed by atoms with E-state index in [2.05, 4.69) is 15.4 Å². The molecular weight excluding hydrogens is 418 g/mol. The number of alkyl carbamates (subject to hydrolysis) is 1. The van der Waals surface area contributed by atoms with Crippen LogP contribution in [-0.2, 0) is 35.1 Å². The fraction of sp³-hybridized carbons (Fsp3) is 0.550. The van der Waals surface area contributed by atoms with Crippen LogP contribution < -0.4 is 10.6 Å². The quantitative estimate of drug-likeness (QED) is 0.500. The van der Waals surface area contributed by atoms with Crippen molar-refractivity contribution in [2.75, 3.05) is 20.3 Å². The van der Waals surface area contributed by atoms with Crippen LogP contribution in [0.5, 0.6) is 0 Å². The Balaban J connectivity index is 2.79. The molecule has 0 radical (unpaired) electrons. The van der Waals surface area contributed by atoms with Gasteiger partial charge in [-0.1, -0.05) is 30.3 Å². The van der Waals surface area contributed by atoms with Crippen molar-refractivity contribution in [3.05, 3.63) is 35.9 Å². The van der Waals surface area contributed by atoms with E-state index in [4.69, 9.17) is 14.2 Å². The monoisotopic (exact) mass is 446 g/mol. The first-order valence-electron chi connectivity index (χ1n) is 9.41. The Morgan fingerprint density at radius 2 is 1.65 bits per heavy atom. The summed E-state index contributed by atoms with van der Waals surface area (Å²) in [6, 6.07) is 5.87. The van der Waals surface area contributed by atoms with Crippen molar-refractivity contribution in [1.82, 2.24) is 10.6 Å². The Kier molecular flexibility index (Phi) is 10.8. The van der Waals surface area contributed by atoms with E-state index in [0.717, 1.165) is 0 Å². The number of ether oxygens (including phenoxy) is 4. The van der Waals surface area contributed by atoms with Gasteiger partial charge < -0.3 is 29.6 Å². The fourth-order valence-corrected chi connectivity index (χ4v) is 2.24. The lowest BCUT2D eigenvalue weighted by atomic mass is 10.2. The van der Waals surface area contributed by atoms with Gasteiger partial charge in [0, 0.05) is 7.11 Å². The van der Waals surface area contributed by atoms with Gasteiger partial charge in [-0.3, -0.25) is 4.79 Å². The first-order valence-corrected chi connectivity index (χ1v) is 9.41. The molecule has 0 aliphatic carbocycles. The lowest BCUT2D eigenvalue weighted by Crippen LogP contribution is -2.55. The van der Waals surface area contributed by atoms with Crippen molar-refractivity contribution in [3.63, 3.8) is 0 Å². The van der Waals surface area contributed by atoms with E-state index < -0.39 is 48.9 Å². The molecule has 2 N–H and O–H groups in total. The molecule has 2 amide bonds. The van der Waals surface area contributed by atoms with Crippen molar-refractivity contribution in [2.45, 2.75) is 51.7 Å². The summed E-state index contributed by atoms with van der Waals surface area (Å²) in [4.78, 5) is 36.9. The van der Waals surface area contributed by atoms with Gasteiger partial charge >= 0.3 is 18.7 Å². The largest absolute Gasteiger partial charge is 0.459 e. The van der Waals surface area contributed by atoms with E-state index in [1.54, 1.807) is 51.1 Å². The number of carbonyl (C=O) groups excluding carboxylic acids is 3. The maximum absolute atomic E-state index is 12.6. The predicted molar refractivity (Wildman–Crippen MR) is 105 cm³/mol. The van der Waals surface area contributed by atoms with E-state index in [-0.39, 0.29) is 13.2 Å². The summed E-state index contributed by atoms with van der Waals surface area (Å²) in [6.07, 6.45) is -0.892. The average Bonchev–Trinajstić information content (AvgIpc) is 2.68. The van der Waals surface area contributed by atoms with Gasteiger partial charge in [0.15, 0.2) is 6.04 Å². The highest BCUT2D eigenvalue weighted by molar-refractivity contribution is 5.89. The number of hydrogen-bond acceptors (Lipinski definition) is 7. The van der Waals surface area contributed by atoms with Crippen molar-refractivity contribution in [1.29, 1.82) is 0 Å². The van der Waals surface area contributed by atoms with E-state index in [9.17, 15) is 23.2 Å². The van der Waals surface area contributed by atoms with Crippen LogP contribution in [0, 0.1) is 0 Å². The van der Waals surface area contributed by atoms with Crippen LogP contribution in [0.1, 0.15) is 26.3 Å². The van der Waals surface area contributed by atoms with E-state index in [0.29, 0.717) is 5.56 Å². The van der Waals surface area contributed by atoms with Gasteiger partial charge in [-0.25, -0.2) is 9.59 Å². The van der Waals surface area contributed by atoms with Crippen LogP contribution in [0.15, 0.2) is 30.3 Å². The number of benzene rings is 1. The molecule has 0 bridgehead atoms. The first-order chi connectivity index (χ1) is 14.5. The molecule has 0 spiro atoms. The third-order valence-corrected chi connectivity index (χ3v) is 3.55. The molecule has 11 heteroatoms. The summed E-state index contributed by atoms with van der Waals surface area (Å²) in [5.74, 6) is -1.85. The van der Waals surface area contributed by atoms with Crippen LogP contribution >= 0.6 is 0 Å². The van der Waals surface area contributed by atoms with Crippen molar-refractivity contribution in [2.24, 2.45) is 0 Å². The van der Waals surface area contributed by atoms with Crippen molar-refractivity contribution < 1.29 is 42.1 Å². The van der Waals surface area contributed by atoms with Crippen LogP contribution in [0.25, 0.3) is 0 Å². The van der Waals surface area contributed by atoms with Crippen LogP contribution in [0.4, 0.5) is 13.6 Å². The zero-order valence-electron chi connectivity index (χ0n) is 17.9. The summed E-state index contributed by atoms with van der Waals surface area (Å²) >= 11 is 0. The standard InChI is InChI=1S/C20H28F2N2O7/c1-20(2,3)31-19(27)24-14(11-28-4)16(25)23-15(12-30-18(21)22)17(26)29-10-13-8-6-5-7-9-13/h5-9,14-15,18H,10-12H2,1-4H3,(H,23,25)(H,24,27)/t14-,15-/m0/s1. The fourth-order valence-electron chi connectivity index (χ4n) is 2.24. The van der Waals surface area contributed by atoms with E-state index >= 15 is 0 Å². The highest BCUT2D eigenvalue weighted by Crippen LogP contribution is 2.08. The molecule has 1 rings (SSSR count). The summed E-state index contributed by atoms with van der Waals surface area (Å²) in [5.41, 5.74) is -0.146. The molecular formula is C20H28F2N2O7. The number of halogens is 2. The molecule has 0 aliphatic heterocycles. The maximum Gasteiger partial charge on any atom is 0.408 e. The predicted octanol–water partition coefficient (Wildman–Crippen LogP) is 1.99. The SMILES string of the molecule is COC[C@H](NC(=O)OC(C)(C)C)C(=O)N[C@@H](COC(F)F)C(=O)OCc1ccccc1. The number of rotatable bonds is 11. The third-order valence-electron chi connectivity index (χ3n) is 3.55. The molecule has 31 heavy (non-hydrogen) atoms. The lowest BCUT2D eigenvalue weighted by Gasteiger charge is -2.24. The summed E-state index contributed by atoms with van der Waals surface area (Å²) in [6.45, 7) is 0.541. The molecule has 2 atom stereocenters. The molecule has 1 aromatic rings. The number of nitrogens with one attached hydrogen (secondary N) is 2. The Bertz CT molecular complexity index is 711. The zero-order chi connectivity index (χ0) is 23.4. The molecule has 174 valence electrons. The minimum Gasteiger partial charge on any atom is -0.459 e. The molecule has 0 aliphatic rings. The second kappa shape index (κ2) is 12.8. The Morgan fingerprint density at radius 1 is 1.00 bits per heavy atom. The number of amides is 2.